The highest BCUT2D eigenvalue weighted by atomic mass is 35.5. The third-order valence-electron chi connectivity index (χ3n) is 3.16. The van der Waals surface area contributed by atoms with E-state index in [1.54, 1.807) is 0 Å². The second kappa shape index (κ2) is 7.44. The molecule has 1 aromatic carbocycles. The molecule has 0 radical (unpaired) electrons. The predicted octanol–water partition coefficient (Wildman–Crippen LogP) is 4.48. The Morgan fingerprint density at radius 1 is 1.25 bits per heavy atom. The van der Waals surface area contributed by atoms with Gasteiger partial charge in [-0.25, -0.2) is 18.0 Å². The van der Waals surface area contributed by atoms with E-state index in [0.29, 0.717) is 0 Å². The maximum Gasteiger partial charge on any atom is 0.343 e. The SMILES string of the molecule is CCOC(=O)/C(C=NC1CC1)=C(\O)c1c(F)c(Cl)c(F)c(F)c1Cl. The highest BCUT2D eigenvalue weighted by Crippen LogP contribution is 2.36. The number of halogens is 5. The van der Waals surface area contributed by atoms with Crippen LogP contribution in [0.15, 0.2) is 10.6 Å². The number of nitrogens with zero attached hydrogens (tertiary/aromatic N) is 1. The van der Waals surface area contributed by atoms with Gasteiger partial charge in [-0.3, -0.25) is 4.99 Å². The zero-order valence-corrected chi connectivity index (χ0v) is 13.9. The van der Waals surface area contributed by atoms with Gasteiger partial charge in [0.25, 0.3) is 0 Å². The normalized spacial score (nSPS) is 15.6. The third-order valence-corrected chi connectivity index (χ3v) is 3.85. The molecule has 0 heterocycles. The lowest BCUT2D eigenvalue weighted by Gasteiger charge is -2.11. The van der Waals surface area contributed by atoms with E-state index in [-0.39, 0.29) is 12.6 Å². The van der Waals surface area contributed by atoms with Crippen molar-refractivity contribution in [1.29, 1.82) is 0 Å². The molecule has 4 nitrogen and oxygen atoms in total. The molecule has 0 aliphatic heterocycles. The quantitative estimate of drug-likeness (QED) is 0.204. The summed E-state index contributed by atoms with van der Waals surface area (Å²) in [5.74, 6) is -6.90. The number of esters is 1. The summed E-state index contributed by atoms with van der Waals surface area (Å²) in [5.41, 5.74) is -1.47. The van der Waals surface area contributed by atoms with Gasteiger partial charge >= 0.3 is 5.97 Å². The highest BCUT2D eigenvalue weighted by Gasteiger charge is 2.29. The van der Waals surface area contributed by atoms with Crippen LogP contribution in [-0.2, 0) is 9.53 Å². The molecule has 9 heteroatoms. The fourth-order valence-corrected chi connectivity index (χ4v) is 2.20. The van der Waals surface area contributed by atoms with Crippen LogP contribution in [0.1, 0.15) is 25.3 Å². The first-order valence-corrected chi connectivity index (χ1v) is 7.70. The number of aliphatic imine (C=N–C) groups is 1. The molecule has 1 aliphatic rings. The van der Waals surface area contributed by atoms with Crippen molar-refractivity contribution in [2.75, 3.05) is 6.61 Å². The van der Waals surface area contributed by atoms with Crippen LogP contribution in [0.3, 0.4) is 0 Å². The number of hydrogen-bond acceptors (Lipinski definition) is 4. The second-order valence-electron chi connectivity index (χ2n) is 4.94. The minimum absolute atomic E-state index is 0.0175. The van der Waals surface area contributed by atoms with Gasteiger partial charge in [0, 0.05) is 6.21 Å². The van der Waals surface area contributed by atoms with Gasteiger partial charge in [0.05, 0.1) is 23.2 Å². The van der Waals surface area contributed by atoms with Crippen LogP contribution in [0.5, 0.6) is 0 Å². The molecule has 0 saturated heterocycles. The molecule has 1 fully saturated rings. The molecule has 0 unspecified atom stereocenters. The zero-order chi connectivity index (χ0) is 18.0. The van der Waals surface area contributed by atoms with E-state index in [0.717, 1.165) is 19.1 Å². The number of ether oxygens (including phenoxy) is 1. The van der Waals surface area contributed by atoms with Gasteiger partial charge in [-0.2, -0.15) is 0 Å². The summed E-state index contributed by atoms with van der Waals surface area (Å²) < 4.78 is 46.0. The van der Waals surface area contributed by atoms with E-state index in [9.17, 15) is 23.1 Å². The van der Waals surface area contributed by atoms with E-state index in [4.69, 9.17) is 27.9 Å². The van der Waals surface area contributed by atoms with E-state index in [1.165, 1.54) is 6.92 Å². The maximum absolute atomic E-state index is 14.2. The minimum atomic E-state index is -1.69. The molecule has 0 amide bonds. The van der Waals surface area contributed by atoms with E-state index in [1.807, 2.05) is 0 Å². The van der Waals surface area contributed by atoms with Crippen LogP contribution in [-0.4, -0.2) is 29.9 Å². The molecule has 1 saturated carbocycles. The molecule has 24 heavy (non-hydrogen) atoms. The summed E-state index contributed by atoms with van der Waals surface area (Å²) in [6.45, 7) is 1.49. The Kier molecular flexibility index (Phi) is 5.77. The van der Waals surface area contributed by atoms with Crippen molar-refractivity contribution in [3.05, 3.63) is 38.6 Å². The van der Waals surface area contributed by atoms with Gasteiger partial charge in [0.15, 0.2) is 17.5 Å². The first-order valence-electron chi connectivity index (χ1n) is 6.94. The number of benzene rings is 1. The van der Waals surface area contributed by atoms with Crippen molar-refractivity contribution >= 4 is 41.1 Å². The summed E-state index contributed by atoms with van der Waals surface area (Å²) >= 11 is 10.9. The Bertz CT molecular complexity index is 717. The standard InChI is InChI=1S/C15H12Cl2F3NO3/c1-2-24-15(23)7(5-21-6-3-4-6)14(22)8-9(16)12(19)13(20)10(17)11(8)18/h5-6,22H,2-4H2,1H3/b14-7-,21-5?. The summed E-state index contributed by atoms with van der Waals surface area (Å²) in [4.78, 5) is 16.0. The second-order valence-corrected chi connectivity index (χ2v) is 5.69. The van der Waals surface area contributed by atoms with Gasteiger partial charge in [-0.1, -0.05) is 23.2 Å². The lowest BCUT2D eigenvalue weighted by atomic mass is 10.1. The number of aliphatic hydroxyl groups excluding tert-OH is 1. The smallest absolute Gasteiger partial charge is 0.343 e. The summed E-state index contributed by atoms with van der Waals surface area (Å²) in [6.07, 6.45) is 2.61. The summed E-state index contributed by atoms with van der Waals surface area (Å²) in [5, 5.41) is 7.99. The number of aliphatic hydroxyl groups is 1. The minimum Gasteiger partial charge on any atom is -0.506 e. The van der Waals surface area contributed by atoms with Crippen molar-refractivity contribution in [2.45, 2.75) is 25.8 Å². The van der Waals surface area contributed by atoms with E-state index in [2.05, 4.69) is 4.99 Å². The van der Waals surface area contributed by atoms with Crippen LogP contribution >= 0.6 is 23.2 Å². The Hall–Kier alpha value is -1.73. The Morgan fingerprint density at radius 2 is 1.83 bits per heavy atom. The van der Waals surface area contributed by atoms with Crippen LogP contribution in [0.25, 0.3) is 5.76 Å². The predicted molar refractivity (Wildman–Crippen MR) is 84.0 cm³/mol. The highest BCUT2D eigenvalue weighted by molar-refractivity contribution is 6.35. The third kappa shape index (κ3) is 3.67. The fraction of sp³-hybridized carbons (Fsp3) is 0.333. The van der Waals surface area contributed by atoms with Crippen LogP contribution < -0.4 is 0 Å². The Morgan fingerprint density at radius 3 is 2.38 bits per heavy atom. The van der Waals surface area contributed by atoms with Crippen molar-refractivity contribution in [1.82, 2.24) is 0 Å². The molecule has 0 aromatic heterocycles. The van der Waals surface area contributed by atoms with Gasteiger partial charge < -0.3 is 9.84 Å². The molecule has 2 rings (SSSR count). The van der Waals surface area contributed by atoms with Crippen molar-refractivity contribution < 1.29 is 27.8 Å². The van der Waals surface area contributed by atoms with Crippen molar-refractivity contribution in [3.63, 3.8) is 0 Å². The largest absolute Gasteiger partial charge is 0.506 e. The zero-order valence-electron chi connectivity index (χ0n) is 12.4. The molecular weight excluding hydrogens is 370 g/mol. The van der Waals surface area contributed by atoms with Crippen LogP contribution in [0.4, 0.5) is 13.2 Å². The van der Waals surface area contributed by atoms with Crippen molar-refractivity contribution in [3.8, 4) is 0 Å². The fourth-order valence-electron chi connectivity index (χ4n) is 1.77. The van der Waals surface area contributed by atoms with E-state index >= 15 is 0 Å². The maximum atomic E-state index is 14.2. The van der Waals surface area contributed by atoms with Gasteiger partial charge in [0.1, 0.15) is 16.4 Å². The van der Waals surface area contributed by atoms with Crippen LogP contribution in [0, 0.1) is 17.5 Å². The number of rotatable bonds is 5. The lowest BCUT2D eigenvalue weighted by molar-refractivity contribution is -0.137. The van der Waals surface area contributed by atoms with Gasteiger partial charge in [0.2, 0.25) is 0 Å². The van der Waals surface area contributed by atoms with E-state index < -0.39 is 50.4 Å². The molecule has 1 aromatic rings. The molecule has 1 N–H and O–H groups in total. The first kappa shape index (κ1) is 18.6. The monoisotopic (exact) mass is 381 g/mol. The van der Waals surface area contributed by atoms with Gasteiger partial charge in [-0.15, -0.1) is 0 Å². The number of carbonyl (C=O) groups is 1. The Labute approximate surface area is 145 Å². The van der Waals surface area contributed by atoms with Crippen molar-refractivity contribution in [2.24, 2.45) is 4.99 Å². The lowest BCUT2D eigenvalue weighted by Crippen LogP contribution is -2.13. The number of hydrogen-bond donors (Lipinski definition) is 1. The Balaban J connectivity index is 2.64. The number of carbonyl (C=O) groups excluding carboxylic acids is 1. The first-order chi connectivity index (χ1) is 11.3. The molecule has 0 spiro atoms. The topological polar surface area (TPSA) is 58.9 Å². The summed E-state index contributed by atoms with van der Waals surface area (Å²) in [6, 6.07) is -0.0175. The molecule has 130 valence electrons. The van der Waals surface area contributed by atoms with Gasteiger partial charge in [-0.05, 0) is 19.8 Å². The molecular formula is C15H12Cl2F3NO3. The van der Waals surface area contributed by atoms with Crippen LogP contribution in [0.2, 0.25) is 10.0 Å². The molecule has 0 atom stereocenters. The molecule has 0 bridgehead atoms. The average Bonchev–Trinajstić information content (AvgIpc) is 3.36. The summed E-state index contributed by atoms with van der Waals surface area (Å²) in [7, 11) is 0. The molecule has 1 aliphatic carbocycles. The average molecular weight is 382 g/mol.